The predicted octanol–water partition coefficient (Wildman–Crippen LogP) is -2.08. The molecule has 0 spiro atoms. The van der Waals surface area contributed by atoms with Gasteiger partial charge in [-0.1, -0.05) is 35.4 Å². The van der Waals surface area contributed by atoms with Crippen molar-refractivity contribution in [2.24, 2.45) is 0 Å². The van der Waals surface area contributed by atoms with E-state index in [9.17, 15) is 5.11 Å². The van der Waals surface area contributed by atoms with Gasteiger partial charge in [-0.05, 0) is 12.0 Å². The largest absolute Gasteiger partial charge is 1.00 e. The standard InChI is InChI=1S/C8H8OS.K/c9-8(10)6-7-4-2-1-3-5-7;/h1-5H,6H2,(H,9,10);/q;+1/p-1. The molecule has 11 heavy (non-hydrogen) atoms. The van der Waals surface area contributed by atoms with Gasteiger partial charge in [-0.15, -0.1) is 12.2 Å². The van der Waals surface area contributed by atoms with Crippen LogP contribution in [0.25, 0.3) is 0 Å². The summed E-state index contributed by atoms with van der Waals surface area (Å²) in [6, 6.07) is 9.49. The molecule has 1 rings (SSSR count). The molecular weight excluding hydrogens is 183 g/mol. The molecule has 52 valence electrons. The van der Waals surface area contributed by atoms with Crippen LogP contribution in [0.1, 0.15) is 5.56 Å². The van der Waals surface area contributed by atoms with Crippen molar-refractivity contribution in [3.05, 3.63) is 35.9 Å². The van der Waals surface area contributed by atoms with Gasteiger partial charge in [-0.2, -0.15) is 0 Å². The van der Waals surface area contributed by atoms with Crippen molar-refractivity contribution in [1.29, 1.82) is 0 Å². The first-order chi connectivity index (χ1) is 4.79. The van der Waals surface area contributed by atoms with E-state index in [1.165, 1.54) is 0 Å². The van der Waals surface area contributed by atoms with Crippen LogP contribution in [-0.2, 0) is 6.42 Å². The minimum Gasteiger partial charge on any atom is -0.867 e. The Morgan fingerprint density at radius 1 is 1.27 bits per heavy atom. The molecule has 1 nitrogen and oxygen atoms in total. The van der Waals surface area contributed by atoms with Crippen LogP contribution in [0.15, 0.2) is 30.3 Å². The molecule has 0 aliphatic rings. The number of rotatable bonds is 2. The van der Waals surface area contributed by atoms with Crippen molar-refractivity contribution in [2.75, 3.05) is 0 Å². The SMILES string of the molecule is [K+].[O-]C(=S)Cc1ccccc1. The fourth-order valence-electron chi connectivity index (χ4n) is 0.763. The normalized spacial score (nSPS) is 8.36. The first kappa shape index (κ1) is 11.7. The van der Waals surface area contributed by atoms with Crippen molar-refractivity contribution in [1.82, 2.24) is 0 Å². The molecule has 0 bridgehead atoms. The smallest absolute Gasteiger partial charge is 0.867 e. The van der Waals surface area contributed by atoms with Gasteiger partial charge in [-0.3, -0.25) is 0 Å². The molecule has 1 aromatic rings. The quantitative estimate of drug-likeness (QED) is 0.395. The zero-order valence-electron chi connectivity index (χ0n) is 6.41. The fraction of sp³-hybridized carbons (Fsp3) is 0.125. The van der Waals surface area contributed by atoms with Crippen LogP contribution in [0.5, 0.6) is 0 Å². The van der Waals surface area contributed by atoms with E-state index in [2.05, 4.69) is 12.2 Å². The second-order valence-corrected chi connectivity index (χ2v) is 2.49. The van der Waals surface area contributed by atoms with Crippen molar-refractivity contribution < 1.29 is 56.5 Å². The Bertz CT molecular complexity index is 223. The van der Waals surface area contributed by atoms with Gasteiger partial charge in [0.15, 0.2) is 0 Å². The Kier molecular flexibility index (Phi) is 6.71. The van der Waals surface area contributed by atoms with Gasteiger partial charge in [0.2, 0.25) is 0 Å². The summed E-state index contributed by atoms with van der Waals surface area (Å²) in [5, 5.41) is 10.2. The summed E-state index contributed by atoms with van der Waals surface area (Å²) >= 11 is 4.42. The van der Waals surface area contributed by atoms with Gasteiger partial charge in [0.25, 0.3) is 0 Å². The molecule has 0 fully saturated rings. The van der Waals surface area contributed by atoms with Crippen LogP contribution in [0.2, 0.25) is 0 Å². The monoisotopic (exact) mass is 190 g/mol. The first-order valence-electron chi connectivity index (χ1n) is 3.03. The summed E-state index contributed by atoms with van der Waals surface area (Å²) in [5.74, 6) is 0. The Hall–Kier alpha value is 0.746. The molecule has 0 aliphatic heterocycles. The van der Waals surface area contributed by atoms with Crippen molar-refractivity contribution >= 4 is 17.3 Å². The maximum absolute atomic E-state index is 10.4. The minimum atomic E-state index is -0.203. The van der Waals surface area contributed by atoms with E-state index >= 15 is 0 Å². The third-order valence-corrected chi connectivity index (χ3v) is 1.34. The van der Waals surface area contributed by atoms with Gasteiger partial charge in [-0.25, -0.2) is 0 Å². The van der Waals surface area contributed by atoms with E-state index in [-0.39, 0.29) is 56.4 Å². The van der Waals surface area contributed by atoms with Gasteiger partial charge in [0.05, 0.1) is 0 Å². The topological polar surface area (TPSA) is 23.1 Å². The van der Waals surface area contributed by atoms with Crippen LogP contribution >= 0.6 is 12.2 Å². The molecule has 0 saturated carbocycles. The Morgan fingerprint density at radius 3 is 2.27 bits per heavy atom. The minimum absolute atomic E-state index is 0. The summed E-state index contributed by atoms with van der Waals surface area (Å²) in [4.78, 5) is 0. The summed E-state index contributed by atoms with van der Waals surface area (Å²) in [6.07, 6.45) is 0.371. The van der Waals surface area contributed by atoms with Crippen molar-refractivity contribution in [2.45, 2.75) is 6.42 Å². The molecule has 0 amide bonds. The Labute approximate surface area is 114 Å². The van der Waals surface area contributed by atoms with E-state index in [0.717, 1.165) is 5.56 Å². The maximum Gasteiger partial charge on any atom is 1.00 e. The second-order valence-electron chi connectivity index (χ2n) is 2.03. The predicted molar refractivity (Wildman–Crippen MR) is 42.7 cm³/mol. The molecule has 0 heterocycles. The van der Waals surface area contributed by atoms with Crippen LogP contribution in [0.3, 0.4) is 0 Å². The van der Waals surface area contributed by atoms with Crippen LogP contribution in [-0.4, -0.2) is 5.05 Å². The van der Waals surface area contributed by atoms with Crippen LogP contribution in [0.4, 0.5) is 0 Å². The molecule has 0 atom stereocenters. The molecule has 0 saturated heterocycles. The van der Waals surface area contributed by atoms with Gasteiger partial charge < -0.3 is 5.11 Å². The summed E-state index contributed by atoms with van der Waals surface area (Å²) in [5.41, 5.74) is 0.988. The van der Waals surface area contributed by atoms with E-state index in [4.69, 9.17) is 0 Å². The van der Waals surface area contributed by atoms with E-state index in [0.29, 0.717) is 6.42 Å². The molecule has 3 heteroatoms. The molecular formula is C8H7KOS. The van der Waals surface area contributed by atoms with Gasteiger partial charge in [0.1, 0.15) is 0 Å². The number of hydrogen-bond donors (Lipinski definition) is 0. The molecule has 0 N–H and O–H groups in total. The molecule has 0 aromatic heterocycles. The first-order valence-corrected chi connectivity index (χ1v) is 3.43. The Morgan fingerprint density at radius 2 is 1.82 bits per heavy atom. The summed E-state index contributed by atoms with van der Waals surface area (Å²) in [6.45, 7) is 0. The van der Waals surface area contributed by atoms with Gasteiger partial charge >= 0.3 is 51.4 Å². The number of thiocarbonyl (C=S) groups is 1. The zero-order chi connectivity index (χ0) is 7.40. The average molecular weight is 190 g/mol. The van der Waals surface area contributed by atoms with Crippen LogP contribution in [0, 0.1) is 0 Å². The van der Waals surface area contributed by atoms with Crippen LogP contribution < -0.4 is 56.5 Å². The van der Waals surface area contributed by atoms with E-state index in [1.54, 1.807) is 0 Å². The third kappa shape index (κ3) is 5.06. The average Bonchev–Trinajstić information content (AvgIpc) is 1.88. The van der Waals surface area contributed by atoms with E-state index in [1.807, 2.05) is 30.3 Å². The Balaban J connectivity index is 0.000001000. The summed E-state index contributed by atoms with van der Waals surface area (Å²) in [7, 11) is 0. The molecule has 0 aliphatic carbocycles. The van der Waals surface area contributed by atoms with Gasteiger partial charge in [0, 0.05) is 0 Å². The molecule has 1 aromatic carbocycles. The second kappa shape index (κ2) is 6.28. The molecule has 0 unspecified atom stereocenters. The number of benzene rings is 1. The third-order valence-electron chi connectivity index (χ3n) is 1.19. The molecule has 0 radical (unpaired) electrons. The fourth-order valence-corrected chi connectivity index (χ4v) is 0.929. The summed E-state index contributed by atoms with van der Waals surface area (Å²) < 4.78 is 0. The zero-order valence-corrected chi connectivity index (χ0v) is 10.3. The number of hydrogen-bond acceptors (Lipinski definition) is 2. The van der Waals surface area contributed by atoms with E-state index < -0.39 is 0 Å². The maximum atomic E-state index is 10.4. The van der Waals surface area contributed by atoms with Crippen molar-refractivity contribution in [3.63, 3.8) is 0 Å². The van der Waals surface area contributed by atoms with Crippen molar-refractivity contribution in [3.8, 4) is 0 Å².